The molecular weight excluding hydrogens is 1120 g/mol. The molecule has 0 amide bonds. The minimum atomic E-state index is 0.922. The van der Waals surface area contributed by atoms with Crippen LogP contribution in [0.1, 0.15) is 0 Å². The molecule has 0 unspecified atom stereocenters. The van der Waals surface area contributed by atoms with E-state index in [-0.39, 0.29) is 0 Å². The van der Waals surface area contributed by atoms with E-state index >= 15 is 0 Å². The molecule has 0 bridgehead atoms. The van der Waals surface area contributed by atoms with Crippen LogP contribution < -0.4 is 0 Å². The van der Waals surface area contributed by atoms with Gasteiger partial charge in [0.2, 0.25) is 0 Å². The number of fused-ring (bicyclic) bond motifs is 10. The van der Waals surface area contributed by atoms with E-state index in [1.807, 2.05) is 79.6 Å². The molecule has 0 fully saturated rings. The van der Waals surface area contributed by atoms with E-state index in [2.05, 4.69) is 242 Å². The van der Waals surface area contributed by atoms with Gasteiger partial charge in [-0.2, -0.15) is 0 Å². The van der Waals surface area contributed by atoms with Crippen molar-refractivity contribution in [3.05, 3.63) is 304 Å². The molecule has 18 aromatic rings. The van der Waals surface area contributed by atoms with Gasteiger partial charge < -0.3 is 0 Å². The predicted octanol–water partition coefficient (Wildman–Crippen LogP) is 19.9. The van der Waals surface area contributed by atoms with Gasteiger partial charge in [-0.05, 0) is 172 Å². The van der Waals surface area contributed by atoms with Crippen LogP contribution in [0, 0.1) is 0 Å². The van der Waals surface area contributed by atoms with Crippen molar-refractivity contribution in [3.63, 3.8) is 0 Å². The van der Waals surface area contributed by atoms with Gasteiger partial charge in [-0.3, -0.25) is 29.9 Å². The van der Waals surface area contributed by atoms with Gasteiger partial charge in [-0.25, -0.2) is 19.9 Å². The molecule has 0 N–H and O–H groups in total. The summed E-state index contributed by atoms with van der Waals surface area (Å²) in [6.07, 6.45) is 14.6. The zero-order valence-corrected chi connectivity index (χ0v) is 49.3. The number of benzene rings is 8. The van der Waals surface area contributed by atoms with Gasteiger partial charge in [0.05, 0.1) is 66.9 Å². The van der Waals surface area contributed by atoms with E-state index in [0.717, 1.165) is 177 Å². The molecule has 0 saturated heterocycles. The molecule has 92 heavy (non-hydrogen) atoms. The van der Waals surface area contributed by atoms with Gasteiger partial charge in [0.15, 0.2) is 0 Å². The minimum Gasteiger partial charge on any atom is -0.264 e. The van der Waals surface area contributed by atoms with Crippen LogP contribution >= 0.6 is 0 Å². The Labute approximate surface area is 528 Å². The Bertz CT molecular complexity index is 5860. The Balaban J connectivity index is 0.000000141. The van der Waals surface area contributed by atoms with Gasteiger partial charge in [-0.1, -0.05) is 127 Å². The van der Waals surface area contributed by atoms with Crippen molar-refractivity contribution < 1.29 is 0 Å². The summed E-state index contributed by atoms with van der Waals surface area (Å²) in [5, 5.41) is 8.78. The van der Waals surface area contributed by atoms with Crippen LogP contribution in [-0.2, 0) is 0 Å². The fourth-order valence-electron chi connectivity index (χ4n) is 12.6. The maximum atomic E-state index is 5.03. The normalized spacial score (nSPS) is 11.5. The van der Waals surface area contributed by atoms with Crippen molar-refractivity contribution >= 4 is 87.2 Å². The van der Waals surface area contributed by atoms with E-state index in [9.17, 15) is 0 Å². The topological polar surface area (TPSA) is 129 Å². The number of aromatic nitrogens is 10. The monoisotopic (exact) mass is 1170 g/mol. The molecule has 18 rings (SSSR count). The summed E-state index contributed by atoms with van der Waals surface area (Å²) in [7, 11) is 0. The fourth-order valence-corrected chi connectivity index (χ4v) is 12.6. The Morgan fingerprint density at radius 1 is 0.196 bits per heavy atom. The first-order valence-corrected chi connectivity index (χ1v) is 30.5. The van der Waals surface area contributed by atoms with Crippen LogP contribution in [0.5, 0.6) is 0 Å². The smallest absolute Gasteiger partial charge is 0.0970 e. The fraction of sp³-hybridized carbons (Fsp3) is 0. The standard InChI is InChI=1S/2C41H25N5/c1-5-33(25-42-19-1)39-18-14-31-23-29(12-16-38(31)46-39)28-11-15-37-30(22-28)13-17-36(45-37)27-9-7-26(8-10-27)35-24-32-4-2-20-43-40(32)41-34(35)6-3-21-44-41;1-4-33(25-42-20-1)39-18-13-32-24-30(11-16-38(32)46-39)29-10-15-37-31(23-29)12-17-36(45-37)27-7-5-26(6-8-27)34-19-22-44-41-35(34)14-9-28-3-2-21-43-40(28)41/h2*1-25H. The maximum absolute atomic E-state index is 5.03. The second kappa shape index (κ2) is 22.8. The summed E-state index contributed by atoms with van der Waals surface area (Å²) in [5.41, 5.74) is 24.6. The first-order chi connectivity index (χ1) is 45.5. The van der Waals surface area contributed by atoms with Crippen molar-refractivity contribution in [3.8, 4) is 89.5 Å². The third-order valence-electron chi connectivity index (χ3n) is 17.3. The molecule has 10 heterocycles. The SMILES string of the molecule is c1cncc(-c2ccc3cc(-c4ccc5nc(-c6ccc(-c7cc8cccnc8c8ncccc78)cc6)ccc5c4)ccc3n2)c1.c1cncc(-c2ccc3cc(-c4ccc5nc(-c6ccc(-c7ccnc8c7ccc7cccnc78)cc6)ccc5c4)ccc3n2)c1. The van der Waals surface area contributed by atoms with E-state index in [0.29, 0.717) is 0 Å². The predicted molar refractivity (Wildman–Crippen MR) is 374 cm³/mol. The second-order valence-corrected chi connectivity index (χ2v) is 22.8. The van der Waals surface area contributed by atoms with Crippen LogP contribution in [0.15, 0.2) is 304 Å². The largest absolute Gasteiger partial charge is 0.264 e. The van der Waals surface area contributed by atoms with E-state index in [1.165, 1.54) is 0 Å². The van der Waals surface area contributed by atoms with E-state index in [4.69, 9.17) is 19.9 Å². The lowest BCUT2D eigenvalue weighted by Crippen LogP contribution is -1.90. The van der Waals surface area contributed by atoms with Crippen LogP contribution in [0.4, 0.5) is 0 Å². The molecule has 10 aromatic heterocycles. The summed E-state index contributed by atoms with van der Waals surface area (Å²) in [4.78, 5) is 46.7. The van der Waals surface area contributed by atoms with Crippen LogP contribution in [-0.4, -0.2) is 49.8 Å². The van der Waals surface area contributed by atoms with Crippen molar-refractivity contribution in [2.24, 2.45) is 0 Å². The van der Waals surface area contributed by atoms with Crippen molar-refractivity contribution in [2.45, 2.75) is 0 Å². The van der Waals surface area contributed by atoms with E-state index in [1.54, 1.807) is 12.4 Å². The average Bonchev–Trinajstić information content (AvgIpc) is 0.902. The number of rotatable bonds is 8. The highest BCUT2D eigenvalue weighted by Gasteiger charge is 2.15. The average molecular weight is 1180 g/mol. The lowest BCUT2D eigenvalue weighted by atomic mass is 9.96. The zero-order valence-electron chi connectivity index (χ0n) is 49.3. The maximum Gasteiger partial charge on any atom is 0.0970 e. The first-order valence-electron chi connectivity index (χ1n) is 30.5. The Morgan fingerprint density at radius 2 is 0.554 bits per heavy atom. The summed E-state index contributed by atoms with van der Waals surface area (Å²) in [6, 6.07) is 88.6. The third-order valence-corrected chi connectivity index (χ3v) is 17.3. The zero-order chi connectivity index (χ0) is 60.9. The number of pyridine rings is 10. The number of hydrogen-bond donors (Lipinski definition) is 0. The molecule has 0 aliphatic carbocycles. The van der Waals surface area contributed by atoms with Crippen molar-refractivity contribution in [1.82, 2.24) is 49.8 Å². The molecule has 0 atom stereocenters. The third kappa shape index (κ3) is 10.1. The Morgan fingerprint density at radius 3 is 1.02 bits per heavy atom. The summed E-state index contributed by atoms with van der Waals surface area (Å²) in [6.45, 7) is 0. The molecule has 10 nitrogen and oxygen atoms in total. The lowest BCUT2D eigenvalue weighted by molar-refractivity contribution is 1.30. The Kier molecular flexibility index (Phi) is 13.3. The van der Waals surface area contributed by atoms with Gasteiger partial charge in [-0.15, -0.1) is 0 Å². The van der Waals surface area contributed by atoms with Gasteiger partial charge in [0, 0.05) is 115 Å². The molecule has 0 saturated carbocycles. The van der Waals surface area contributed by atoms with Gasteiger partial charge in [0.1, 0.15) is 0 Å². The highest BCUT2D eigenvalue weighted by molar-refractivity contribution is 6.11. The highest BCUT2D eigenvalue weighted by atomic mass is 14.8. The summed E-state index contributed by atoms with van der Waals surface area (Å²) < 4.78 is 0. The van der Waals surface area contributed by atoms with E-state index < -0.39 is 0 Å². The van der Waals surface area contributed by atoms with Crippen LogP contribution in [0.3, 0.4) is 0 Å². The lowest BCUT2D eigenvalue weighted by Gasteiger charge is -2.11. The summed E-state index contributed by atoms with van der Waals surface area (Å²) >= 11 is 0. The Hall–Kier alpha value is -12.7. The highest BCUT2D eigenvalue weighted by Crippen LogP contribution is 2.37. The first kappa shape index (κ1) is 53.6. The molecule has 10 heteroatoms. The summed E-state index contributed by atoms with van der Waals surface area (Å²) in [5.74, 6) is 0. The van der Waals surface area contributed by atoms with Crippen molar-refractivity contribution in [2.75, 3.05) is 0 Å². The molecule has 8 aromatic carbocycles. The number of nitrogens with zero attached hydrogens (tertiary/aromatic N) is 10. The second-order valence-electron chi connectivity index (χ2n) is 22.8. The van der Waals surface area contributed by atoms with Crippen LogP contribution in [0.25, 0.3) is 177 Å². The molecule has 0 aliphatic heterocycles. The molecule has 0 radical (unpaired) electrons. The van der Waals surface area contributed by atoms with Gasteiger partial charge in [0.25, 0.3) is 0 Å². The quantitative estimate of drug-likeness (QED) is 0.136. The van der Waals surface area contributed by atoms with Crippen molar-refractivity contribution in [1.29, 1.82) is 0 Å². The molecule has 0 aliphatic rings. The van der Waals surface area contributed by atoms with Crippen LogP contribution in [0.2, 0.25) is 0 Å². The molecular formula is C82H50N10. The number of hydrogen-bond acceptors (Lipinski definition) is 10. The molecule has 428 valence electrons. The minimum absolute atomic E-state index is 0.922. The molecule has 0 spiro atoms. The van der Waals surface area contributed by atoms with Gasteiger partial charge >= 0.3 is 0 Å².